The molecule has 4 rings (SSSR count). The van der Waals surface area contributed by atoms with Crippen LogP contribution in [0.1, 0.15) is 38.2 Å². The number of methoxy groups -OCH3 is 2. The molecule has 0 bridgehead atoms. The number of amides is 2. The van der Waals surface area contributed by atoms with Gasteiger partial charge in [-0.1, -0.05) is 6.92 Å². The van der Waals surface area contributed by atoms with Gasteiger partial charge < -0.3 is 24.4 Å². The molecule has 31 heavy (non-hydrogen) atoms. The number of benzene rings is 1. The van der Waals surface area contributed by atoms with Gasteiger partial charge in [0.2, 0.25) is 11.8 Å². The van der Waals surface area contributed by atoms with Gasteiger partial charge in [-0.3, -0.25) is 9.59 Å². The van der Waals surface area contributed by atoms with Gasteiger partial charge in [-0.05, 0) is 49.1 Å². The highest BCUT2D eigenvalue weighted by molar-refractivity contribution is 5.80. The van der Waals surface area contributed by atoms with Crippen molar-refractivity contribution in [1.29, 1.82) is 0 Å². The molecular formula is C24H34N2O5. The number of carbonyl (C=O) groups is 2. The molecule has 1 saturated carbocycles. The van der Waals surface area contributed by atoms with E-state index in [4.69, 9.17) is 14.2 Å². The summed E-state index contributed by atoms with van der Waals surface area (Å²) in [7, 11) is 3.27. The number of ether oxygens (including phenoxy) is 3. The Morgan fingerprint density at radius 1 is 1.23 bits per heavy atom. The van der Waals surface area contributed by atoms with Crippen LogP contribution in [0.4, 0.5) is 0 Å². The van der Waals surface area contributed by atoms with Crippen LogP contribution in [0, 0.1) is 23.7 Å². The van der Waals surface area contributed by atoms with E-state index in [2.05, 4.69) is 12.2 Å². The summed E-state index contributed by atoms with van der Waals surface area (Å²) in [5.74, 6) is 2.97. The number of rotatable bonds is 7. The zero-order valence-corrected chi connectivity index (χ0v) is 18.8. The molecule has 0 unspecified atom stereocenters. The van der Waals surface area contributed by atoms with Gasteiger partial charge in [-0.2, -0.15) is 0 Å². The molecule has 1 N–H and O–H groups in total. The Balaban J connectivity index is 1.40. The maximum absolute atomic E-state index is 12.9. The second-order valence-corrected chi connectivity index (χ2v) is 9.14. The number of hydrogen-bond donors (Lipinski definition) is 1. The molecule has 2 amide bonds. The molecule has 2 heterocycles. The fourth-order valence-corrected chi connectivity index (χ4v) is 5.63. The van der Waals surface area contributed by atoms with E-state index in [1.54, 1.807) is 14.2 Å². The van der Waals surface area contributed by atoms with Gasteiger partial charge in [-0.25, -0.2) is 0 Å². The summed E-state index contributed by atoms with van der Waals surface area (Å²) in [6.07, 6.45) is 3.14. The predicted octanol–water partition coefficient (Wildman–Crippen LogP) is 2.62. The molecule has 1 aromatic rings. The van der Waals surface area contributed by atoms with Crippen molar-refractivity contribution in [2.24, 2.45) is 23.7 Å². The Bertz CT molecular complexity index is 807. The van der Waals surface area contributed by atoms with Gasteiger partial charge in [0, 0.05) is 56.3 Å². The summed E-state index contributed by atoms with van der Waals surface area (Å²) >= 11 is 0. The minimum Gasteiger partial charge on any atom is -0.497 e. The second kappa shape index (κ2) is 9.47. The van der Waals surface area contributed by atoms with E-state index in [-0.39, 0.29) is 23.8 Å². The average molecular weight is 431 g/mol. The zero-order valence-electron chi connectivity index (χ0n) is 18.8. The van der Waals surface area contributed by atoms with Gasteiger partial charge in [0.25, 0.3) is 0 Å². The molecule has 3 aliphatic rings. The number of fused-ring (bicyclic) bond motifs is 1. The van der Waals surface area contributed by atoms with E-state index in [1.165, 1.54) is 0 Å². The van der Waals surface area contributed by atoms with Crippen LogP contribution < -0.4 is 14.8 Å². The van der Waals surface area contributed by atoms with Crippen LogP contribution in [0.5, 0.6) is 11.5 Å². The van der Waals surface area contributed by atoms with Crippen LogP contribution in [-0.4, -0.2) is 56.7 Å². The highest BCUT2D eigenvalue weighted by atomic mass is 16.5. The molecule has 1 aliphatic carbocycles. The van der Waals surface area contributed by atoms with Crippen molar-refractivity contribution in [3.05, 3.63) is 23.8 Å². The normalized spacial score (nSPS) is 28.5. The van der Waals surface area contributed by atoms with E-state index in [0.717, 1.165) is 36.3 Å². The van der Waals surface area contributed by atoms with Crippen LogP contribution in [0.15, 0.2) is 18.2 Å². The first kappa shape index (κ1) is 21.9. The first-order chi connectivity index (χ1) is 15.0. The molecule has 7 nitrogen and oxygen atoms in total. The van der Waals surface area contributed by atoms with Gasteiger partial charge >= 0.3 is 0 Å². The number of nitrogens with one attached hydrogen (secondary N) is 1. The summed E-state index contributed by atoms with van der Waals surface area (Å²) in [5.41, 5.74) is 0.987. The third-order valence-electron chi connectivity index (χ3n) is 7.46. The van der Waals surface area contributed by atoms with Crippen molar-refractivity contribution in [2.75, 3.05) is 34.0 Å². The van der Waals surface area contributed by atoms with Crippen LogP contribution in [0.25, 0.3) is 0 Å². The molecular weight excluding hydrogens is 396 g/mol. The fourth-order valence-electron chi connectivity index (χ4n) is 5.63. The van der Waals surface area contributed by atoms with Gasteiger partial charge in [0.15, 0.2) is 0 Å². The first-order valence-electron chi connectivity index (χ1n) is 11.4. The van der Waals surface area contributed by atoms with Crippen molar-refractivity contribution in [3.63, 3.8) is 0 Å². The van der Waals surface area contributed by atoms with Crippen LogP contribution in [0.2, 0.25) is 0 Å². The summed E-state index contributed by atoms with van der Waals surface area (Å²) in [6, 6.07) is 5.96. The summed E-state index contributed by atoms with van der Waals surface area (Å²) < 4.78 is 16.2. The third kappa shape index (κ3) is 4.52. The molecule has 0 spiro atoms. The topological polar surface area (TPSA) is 77.1 Å². The lowest BCUT2D eigenvalue weighted by Crippen LogP contribution is -2.39. The molecule has 2 aliphatic heterocycles. The number of likely N-dealkylation sites (tertiary alicyclic amines) is 1. The van der Waals surface area contributed by atoms with Crippen LogP contribution >= 0.6 is 0 Å². The Hall–Kier alpha value is -2.28. The van der Waals surface area contributed by atoms with E-state index in [9.17, 15) is 9.59 Å². The summed E-state index contributed by atoms with van der Waals surface area (Å²) in [4.78, 5) is 27.5. The van der Waals surface area contributed by atoms with Gasteiger partial charge in [0.05, 0.1) is 14.2 Å². The predicted molar refractivity (Wildman–Crippen MR) is 116 cm³/mol. The van der Waals surface area contributed by atoms with Gasteiger partial charge in [-0.15, -0.1) is 0 Å². The van der Waals surface area contributed by atoms with Crippen LogP contribution in [0.3, 0.4) is 0 Å². The van der Waals surface area contributed by atoms with Gasteiger partial charge in [0.1, 0.15) is 11.5 Å². The Kier molecular flexibility index (Phi) is 6.70. The summed E-state index contributed by atoms with van der Waals surface area (Å²) in [5, 5.41) is 3.19. The number of nitrogens with zero attached hydrogens (tertiary/aromatic N) is 1. The van der Waals surface area contributed by atoms with E-state index >= 15 is 0 Å². The standard InChI is InChI=1S/C24H34N2O5/c1-15-10-21-19(20(15)13-25-24(28)16-6-8-31-9-7-16)12-23(27)26(21)14-17-4-5-18(29-2)11-22(17)30-3/h4-5,11,15-16,19-21H,6-10,12-14H2,1-3H3,(H,25,28)/t15-,19-,20+,21+/m0/s1. The Morgan fingerprint density at radius 2 is 2.00 bits per heavy atom. The molecule has 2 saturated heterocycles. The fraction of sp³-hybridized carbons (Fsp3) is 0.667. The maximum atomic E-state index is 12.9. The molecule has 0 aromatic heterocycles. The molecule has 3 fully saturated rings. The third-order valence-corrected chi connectivity index (χ3v) is 7.46. The molecule has 0 radical (unpaired) electrons. The lowest BCUT2D eigenvalue weighted by molar-refractivity contribution is -0.129. The van der Waals surface area contributed by atoms with Crippen molar-refractivity contribution >= 4 is 11.8 Å². The first-order valence-corrected chi connectivity index (χ1v) is 11.4. The van der Waals surface area contributed by atoms with E-state index < -0.39 is 0 Å². The smallest absolute Gasteiger partial charge is 0.223 e. The van der Waals surface area contributed by atoms with Crippen molar-refractivity contribution in [1.82, 2.24) is 10.2 Å². The molecule has 4 atom stereocenters. The highest BCUT2D eigenvalue weighted by Gasteiger charge is 2.50. The van der Waals surface area contributed by atoms with Crippen LogP contribution in [-0.2, 0) is 20.9 Å². The van der Waals surface area contributed by atoms with E-state index in [1.807, 2.05) is 23.1 Å². The highest BCUT2D eigenvalue weighted by Crippen LogP contribution is 2.46. The lowest BCUT2D eigenvalue weighted by atomic mass is 9.88. The Labute approximate surface area is 184 Å². The second-order valence-electron chi connectivity index (χ2n) is 9.14. The Morgan fingerprint density at radius 3 is 2.71 bits per heavy atom. The molecule has 1 aromatic carbocycles. The maximum Gasteiger partial charge on any atom is 0.223 e. The SMILES string of the molecule is COc1ccc(CN2C(=O)C[C@H]3[C@H](CNC(=O)C4CCOCC4)[C@@H](C)C[C@H]32)c(OC)c1. The quantitative estimate of drug-likeness (QED) is 0.720. The lowest BCUT2D eigenvalue weighted by Gasteiger charge is -2.26. The number of hydrogen-bond acceptors (Lipinski definition) is 5. The van der Waals surface area contributed by atoms with E-state index in [0.29, 0.717) is 50.5 Å². The number of carbonyl (C=O) groups excluding carboxylic acids is 2. The minimum atomic E-state index is 0.0606. The van der Waals surface area contributed by atoms with Crippen molar-refractivity contribution < 1.29 is 23.8 Å². The van der Waals surface area contributed by atoms with Crippen molar-refractivity contribution in [2.45, 2.75) is 45.2 Å². The molecule has 170 valence electrons. The van der Waals surface area contributed by atoms with Crippen molar-refractivity contribution in [3.8, 4) is 11.5 Å². The monoisotopic (exact) mass is 430 g/mol. The average Bonchev–Trinajstić information content (AvgIpc) is 3.26. The molecule has 7 heteroatoms. The zero-order chi connectivity index (χ0) is 22.0. The largest absolute Gasteiger partial charge is 0.497 e. The minimum absolute atomic E-state index is 0.0606. The summed E-state index contributed by atoms with van der Waals surface area (Å²) in [6.45, 7) is 4.79.